The summed E-state index contributed by atoms with van der Waals surface area (Å²) in [4.78, 5) is 33.2. The molecule has 0 aromatic heterocycles. The van der Waals surface area contributed by atoms with E-state index in [0.717, 1.165) is 4.90 Å². The van der Waals surface area contributed by atoms with Gasteiger partial charge in [0.05, 0.1) is 6.42 Å². The summed E-state index contributed by atoms with van der Waals surface area (Å²) in [5.74, 6) is -0.867. The van der Waals surface area contributed by atoms with Gasteiger partial charge in [-0.25, -0.2) is 10.2 Å². The third kappa shape index (κ3) is 1.81. The van der Waals surface area contributed by atoms with E-state index in [4.69, 9.17) is 5.73 Å². The number of nitrogens with one attached hydrogen (secondary N) is 1. The lowest BCUT2D eigenvalue weighted by molar-refractivity contribution is -0.135. The van der Waals surface area contributed by atoms with Gasteiger partial charge in [0.15, 0.2) is 0 Å². The van der Waals surface area contributed by atoms with E-state index in [9.17, 15) is 14.4 Å². The van der Waals surface area contributed by atoms with Gasteiger partial charge in [0.25, 0.3) is 5.91 Å². The highest BCUT2D eigenvalue weighted by molar-refractivity contribution is 6.48. The molecule has 0 atom stereocenters. The third-order valence-electron chi connectivity index (χ3n) is 1.55. The fourth-order valence-corrected chi connectivity index (χ4v) is 0.854. The van der Waals surface area contributed by atoms with Gasteiger partial charge in [0.2, 0.25) is 5.91 Å². The van der Waals surface area contributed by atoms with Crippen LogP contribution in [0.4, 0.5) is 4.79 Å². The monoisotopic (exact) mass is 184 g/mol. The topological polar surface area (TPSA) is 105 Å². The molecule has 0 saturated carbocycles. The first kappa shape index (κ1) is 9.17. The van der Waals surface area contributed by atoms with E-state index >= 15 is 0 Å². The summed E-state index contributed by atoms with van der Waals surface area (Å²) >= 11 is 0. The van der Waals surface area contributed by atoms with Gasteiger partial charge < -0.3 is 5.73 Å². The lowest BCUT2D eigenvalue weighted by Gasteiger charge is -2.01. The number of carbonyl (C=O) groups excluding carboxylic acids is 3. The van der Waals surface area contributed by atoms with Gasteiger partial charge in [-0.3, -0.25) is 14.5 Å². The zero-order chi connectivity index (χ0) is 10.0. The van der Waals surface area contributed by atoms with Gasteiger partial charge >= 0.3 is 6.03 Å². The largest absolute Gasteiger partial charge is 0.350 e. The van der Waals surface area contributed by atoms with Gasteiger partial charge in [-0.2, -0.15) is 5.10 Å². The minimum atomic E-state index is -0.873. The molecule has 7 nitrogen and oxygen atoms in total. The average molecular weight is 184 g/mol. The normalized spacial score (nSPS) is 19.8. The van der Waals surface area contributed by atoms with E-state index in [1.807, 2.05) is 5.43 Å². The third-order valence-corrected chi connectivity index (χ3v) is 1.55. The highest BCUT2D eigenvalue weighted by atomic mass is 16.2. The zero-order valence-corrected chi connectivity index (χ0v) is 6.90. The van der Waals surface area contributed by atoms with Crippen molar-refractivity contribution in [1.29, 1.82) is 0 Å². The number of nitrogens with zero attached hydrogens (tertiary/aromatic N) is 2. The molecule has 1 heterocycles. The number of primary amides is 1. The van der Waals surface area contributed by atoms with Gasteiger partial charge in [-0.1, -0.05) is 0 Å². The molecule has 13 heavy (non-hydrogen) atoms. The maximum absolute atomic E-state index is 11.1. The van der Waals surface area contributed by atoms with E-state index in [1.54, 1.807) is 0 Å². The van der Waals surface area contributed by atoms with Crippen LogP contribution in [0.5, 0.6) is 0 Å². The Morgan fingerprint density at radius 1 is 1.62 bits per heavy atom. The first-order valence-corrected chi connectivity index (χ1v) is 3.45. The number of urea groups is 1. The standard InChI is InChI=1S/C6H8N4O3/c1-10-4(11)2-3(5(10)12)8-9-6(7)13/h2H2,1H3,(H3,7,9,13)/b8-3+. The molecule has 3 N–H and O–H groups in total. The molecule has 0 aromatic rings. The Hall–Kier alpha value is -1.92. The second kappa shape index (κ2) is 3.21. The van der Waals surface area contributed by atoms with Crippen molar-refractivity contribution in [3.63, 3.8) is 0 Å². The molecular formula is C6H8N4O3. The maximum Gasteiger partial charge on any atom is 0.332 e. The van der Waals surface area contributed by atoms with Crippen LogP contribution in [0.1, 0.15) is 6.42 Å². The molecule has 70 valence electrons. The Morgan fingerprint density at radius 3 is 2.62 bits per heavy atom. The molecule has 0 unspecified atom stereocenters. The highest BCUT2D eigenvalue weighted by Gasteiger charge is 2.32. The quantitative estimate of drug-likeness (QED) is 0.378. The molecule has 0 aromatic carbocycles. The summed E-state index contributed by atoms with van der Waals surface area (Å²) in [6.45, 7) is 0. The Bertz CT molecular complexity index is 309. The number of likely N-dealkylation sites (tertiary alicyclic amines) is 1. The number of hydrogen-bond acceptors (Lipinski definition) is 4. The smallest absolute Gasteiger partial charge is 0.332 e. The van der Waals surface area contributed by atoms with Crippen molar-refractivity contribution in [3.05, 3.63) is 0 Å². The number of imide groups is 1. The fraction of sp³-hybridized carbons (Fsp3) is 0.333. The van der Waals surface area contributed by atoms with Crippen LogP contribution in [0.25, 0.3) is 0 Å². The molecule has 1 aliphatic heterocycles. The van der Waals surface area contributed by atoms with Crippen molar-refractivity contribution in [2.24, 2.45) is 10.8 Å². The van der Waals surface area contributed by atoms with E-state index in [2.05, 4.69) is 5.10 Å². The molecule has 1 aliphatic rings. The second-order valence-electron chi connectivity index (χ2n) is 2.47. The minimum absolute atomic E-state index is 0.00806. The fourth-order valence-electron chi connectivity index (χ4n) is 0.854. The molecule has 0 bridgehead atoms. The number of hydrogen-bond donors (Lipinski definition) is 2. The van der Waals surface area contributed by atoms with Gasteiger partial charge in [-0.15, -0.1) is 0 Å². The van der Waals surface area contributed by atoms with Crippen molar-refractivity contribution in [2.75, 3.05) is 7.05 Å². The van der Waals surface area contributed by atoms with Crippen LogP contribution in [-0.2, 0) is 9.59 Å². The van der Waals surface area contributed by atoms with Crippen LogP contribution >= 0.6 is 0 Å². The minimum Gasteiger partial charge on any atom is -0.350 e. The van der Waals surface area contributed by atoms with Crippen LogP contribution in [0, 0.1) is 0 Å². The van der Waals surface area contributed by atoms with Crippen LogP contribution < -0.4 is 11.2 Å². The number of rotatable bonds is 1. The van der Waals surface area contributed by atoms with E-state index < -0.39 is 11.9 Å². The summed E-state index contributed by atoms with van der Waals surface area (Å²) in [6, 6.07) is -0.873. The van der Waals surface area contributed by atoms with E-state index in [-0.39, 0.29) is 18.0 Å². The number of carbonyl (C=O) groups is 3. The van der Waals surface area contributed by atoms with Crippen molar-refractivity contribution in [2.45, 2.75) is 6.42 Å². The SMILES string of the molecule is CN1C(=O)C/C(=N\NC(N)=O)C1=O. The summed E-state index contributed by atoms with van der Waals surface area (Å²) in [6.07, 6.45) is -0.102. The van der Waals surface area contributed by atoms with E-state index in [1.165, 1.54) is 7.05 Å². The average Bonchev–Trinajstić information content (AvgIpc) is 2.29. The molecule has 0 aliphatic carbocycles. The first-order valence-electron chi connectivity index (χ1n) is 3.45. The molecule has 1 saturated heterocycles. The number of hydrazone groups is 1. The summed E-state index contributed by atoms with van der Waals surface area (Å²) in [7, 11) is 1.34. The summed E-state index contributed by atoms with van der Waals surface area (Å²) in [5, 5.41) is 3.38. The second-order valence-corrected chi connectivity index (χ2v) is 2.47. The molecule has 1 rings (SSSR count). The Kier molecular flexibility index (Phi) is 2.27. The molecule has 0 radical (unpaired) electrons. The first-order chi connectivity index (χ1) is 6.02. The molecule has 7 heteroatoms. The number of nitrogens with two attached hydrogens (primary N) is 1. The predicted molar refractivity (Wildman–Crippen MR) is 42.5 cm³/mol. The van der Waals surface area contributed by atoms with Crippen molar-refractivity contribution in [1.82, 2.24) is 10.3 Å². The molecule has 1 fully saturated rings. The van der Waals surface area contributed by atoms with Crippen LogP contribution in [0.3, 0.4) is 0 Å². The van der Waals surface area contributed by atoms with Crippen molar-refractivity contribution in [3.8, 4) is 0 Å². The van der Waals surface area contributed by atoms with Crippen LogP contribution in [0.2, 0.25) is 0 Å². The zero-order valence-electron chi connectivity index (χ0n) is 6.90. The van der Waals surface area contributed by atoms with Crippen molar-refractivity contribution >= 4 is 23.6 Å². The molecule has 0 spiro atoms. The predicted octanol–water partition coefficient (Wildman–Crippen LogP) is -1.60. The van der Waals surface area contributed by atoms with Crippen molar-refractivity contribution < 1.29 is 14.4 Å². The Morgan fingerprint density at radius 2 is 2.23 bits per heavy atom. The van der Waals surface area contributed by atoms with Gasteiger partial charge in [-0.05, 0) is 0 Å². The highest BCUT2D eigenvalue weighted by Crippen LogP contribution is 2.06. The van der Waals surface area contributed by atoms with Crippen LogP contribution in [0.15, 0.2) is 5.10 Å². The Labute approximate surface area is 73.6 Å². The van der Waals surface area contributed by atoms with E-state index in [0.29, 0.717) is 0 Å². The molecular weight excluding hydrogens is 176 g/mol. The lowest BCUT2D eigenvalue weighted by Crippen LogP contribution is -2.29. The summed E-state index contributed by atoms with van der Waals surface area (Å²) < 4.78 is 0. The van der Waals surface area contributed by atoms with Gasteiger partial charge in [0.1, 0.15) is 5.71 Å². The van der Waals surface area contributed by atoms with Gasteiger partial charge in [0, 0.05) is 7.05 Å². The molecule has 4 amide bonds. The maximum atomic E-state index is 11.1. The number of amides is 4. The van der Waals surface area contributed by atoms with Crippen LogP contribution in [-0.4, -0.2) is 35.5 Å². The Balaban J connectivity index is 2.74. The lowest BCUT2D eigenvalue weighted by atomic mass is 10.3. The summed E-state index contributed by atoms with van der Waals surface area (Å²) in [5.41, 5.74) is 6.60.